The lowest BCUT2D eigenvalue weighted by atomic mass is 10.0. The van der Waals surface area contributed by atoms with Crippen LogP contribution in [0.4, 0.5) is 0 Å². The SMILES string of the molecule is CCOCC(N)c1cc(C)nnc1CC. The van der Waals surface area contributed by atoms with Crippen molar-refractivity contribution in [3.8, 4) is 0 Å². The van der Waals surface area contributed by atoms with Crippen LogP contribution in [-0.2, 0) is 11.2 Å². The summed E-state index contributed by atoms with van der Waals surface area (Å²) in [6.07, 6.45) is 0.850. The van der Waals surface area contributed by atoms with Crippen LogP contribution in [0.15, 0.2) is 6.07 Å². The maximum atomic E-state index is 6.03. The van der Waals surface area contributed by atoms with Crippen LogP contribution >= 0.6 is 0 Å². The van der Waals surface area contributed by atoms with E-state index in [9.17, 15) is 0 Å². The fraction of sp³-hybridized carbons (Fsp3) is 0.636. The first-order valence-electron chi connectivity index (χ1n) is 5.35. The summed E-state index contributed by atoms with van der Waals surface area (Å²) in [6, 6.07) is 1.89. The third-order valence-electron chi connectivity index (χ3n) is 2.26. The van der Waals surface area contributed by atoms with E-state index in [1.165, 1.54) is 0 Å². The van der Waals surface area contributed by atoms with E-state index in [1.54, 1.807) is 0 Å². The van der Waals surface area contributed by atoms with Crippen LogP contribution in [0.25, 0.3) is 0 Å². The second-order valence-electron chi connectivity index (χ2n) is 3.51. The van der Waals surface area contributed by atoms with E-state index in [2.05, 4.69) is 17.1 Å². The molecule has 4 heteroatoms. The zero-order valence-electron chi connectivity index (χ0n) is 9.66. The van der Waals surface area contributed by atoms with E-state index >= 15 is 0 Å². The average molecular weight is 209 g/mol. The van der Waals surface area contributed by atoms with Crippen molar-refractivity contribution in [3.63, 3.8) is 0 Å². The van der Waals surface area contributed by atoms with Gasteiger partial charge in [0, 0.05) is 6.61 Å². The van der Waals surface area contributed by atoms with Crippen LogP contribution in [0, 0.1) is 6.92 Å². The predicted octanol–water partition coefficient (Wildman–Crippen LogP) is 1.38. The molecule has 0 radical (unpaired) electrons. The molecule has 1 unspecified atom stereocenters. The molecule has 0 spiro atoms. The lowest BCUT2D eigenvalue weighted by Crippen LogP contribution is -2.20. The second kappa shape index (κ2) is 5.78. The minimum Gasteiger partial charge on any atom is -0.380 e. The van der Waals surface area contributed by atoms with Gasteiger partial charge >= 0.3 is 0 Å². The molecule has 1 aromatic heterocycles. The monoisotopic (exact) mass is 209 g/mol. The summed E-state index contributed by atoms with van der Waals surface area (Å²) in [4.78, 5) is 0. The summed E-state index contributed by atoms with van der Waals surface area (Å²) in [5.41, 5.74) is 8.95. The van der Waals surface area contributed by atoms with E-state index in [1.807, 2.05) is 19.9 Å². The fourth-order valence-electron chi connectivity index (χ4n) is 1.46. The molecule has 0 saturated carbocycles. The second-order valence-corrected chi connectivity index (χ2v) is 3.51. The molecular formula is C11H19N3O. The number of aromatic nitrogens is 2. The van der Waals surface area contributed by atoms with Gasteiger partial charge in [0.15, 0.2) is 0 Å². The number of nitrogens with two attached hydrogens (primary N) is 1. The van der Waals surface area contributed by atoms with Crippen LogP contribution in [0.3, 0.4) is 0 Å². The summed E-state index contributed by atoms with van der Waals surface area (Å²) < 4.78 is 5.32. The fourth-order valence-corrected chi connectivity index (χ4v) is 1.46. The first-order valence-corrected chi connectivity index (χ1v) is 5.35. The number of hydrogen-bond acceptors (Lipinski definition) is 4. The topological polar surface area (TPSA) is 61.0 Å². The Morgan fingerprint density at radius 2 is 2.13 bits per heavy atom. The smallest absolute Gasteiger partial charge is 0.0677 e. The van der Waals surface area contributed by atoms with Crippen molar-refractivity contribution < 1.29 is 4.74 Å². The van der Waals surface area contributed by atoms with Crippen LogP contribution in [-0.4, -0.2) is 23.4 Å². The van der Waals surface area contributed by atoms with Gasteiger partial charge in [-0.2, -0.15) is 10.2 Å². The minimum atomic E-state index is -0.103. The summed E-state index contributed by atoms with van der Waals surface area (Å²) in [5.74, 6) is 0. The van der Waals surface area contributed by atoms with E-state index in [-0.39, 0.29) is 6.04 Å². The Balaban J connectivity index is 2.85. The van der Waals surface area contributed by atoms with Gasteiger partial charge in [0.2, 0.25) is 0 Å². The lowest BCUT2D eigenvalue weighted by Gasteiger charge is -2.14. The molecule has 4 nitrogen and oxygen atoms in total. The molecule has 2 N–H and O–H groups in total. The van der Waals surface area contributed by atoms with Crippen LogP contribution in [0.2, 0.25) is 0 Å². The molecule has 0 amide bonds. The van der Waals surface area contributed by atoms with E-state index < -0.39 is 0 Å². The molecule has 1 aromatic rings. The van der Waals surface area contributed by atoms with Crippen molar-refractivity contribution in [1.82, 2.24) is 10.2 Å². The molecule has 84 valence electrons. The highest BCUT2D eigenvalue weighted by Gasteiger charge is 2.12. The van der Waals surface area contributed by atoms with Gasteiger partial charge in [-0.25, -0.2) is 0 Å². The number of hydrogen-bond donors (Lipinski definition) is 1. The highest BCUT2D eigenvalue weighted by Crippen LogP contribution is 2.15. The van der Waals surface area contributed by atoms with Gasteiger partial charge in [-0.05, 0) is 31.9 Å². The summed E-state index contributed by atoms with van der Waals surface area (Å²) in [5, 5.41) is 8.17. The highest BCUT2D eigenvalue weighted by atomic mass is 16.5. The van der Waals surface area contributed by atoms with Crippen molar-refractivity contribution in [2.24, 2.45) is 5.73 Å². The normalized spacial score (nSPS) is 12.8. The molecule has 0 aliphatic heterocycles. The number of ether oxygens (including phenoxy) is 1. The molecule has 0 bridgehead atoms. The molecule has 0 aliphatic rings. The third kappa shape index (κ3) is 3.25. The Morgan fingerprint density at radius 3 is 2.73 bits per heavy atom. The largest absolute Gasteiger partial charge is 0.380 e. The summed E-state index contributed by atoms with van der Waals surface area (Å²) in [6.45, 7) is 7.16. The van der Waals surface area contributed by atoms with E-state index in [0.29, 0.717) is 13.2 Å². The molecule has 0 aliphatic carbocycles. The summed E-state index contributed by atoms with van der Waals surface area (Å²) in [7, 11) is 0. The molecule has 0 fully saturated rings. The van der Waals surface area contributed by atoms with Crippen LogP contribution < -0.4 is 5.73 Å². The number of rotatable bonds is 5. The standard InChI is InChI=1S/C11H19N3O/c1-4-11-9(6-8(3)13-14-11)10(12)7-15-5-2/h6,10H,4-5,7,12H2,1-3H3. The zero-order valence-corrected chi connectivity index (χ0v) is 9.66. The number of nitrogens with zero attached hydrogens (tertiary/aromatic N) is 2. The van der Waals surface area contributed by atoms with Crippen molar-refractivity contribution in [3.05, 3.63) is 23.0 Å². The highest BCUT2D eigenvalue weighted by molar-refractivity contribution is 5.24. The Labute approximate surface area is 90.8 Å². The Morgan fingerprint density at radius 1 is 1.40 bits per heavy atom. The Kier molecular flexibility index (Phi) is 4.65. The minimum absolute atomic E-state index is 0.103. The van der Waals surface area contributed by atoms with E-state index in [4.69, 9.17) is 10.5 Å². The Bertz CT molecular complexity index is 315. The summed E-state index contributed by atoms with van der Waals surface area (Å²) >= 11 is 0. The zero-order chi connectivity index (χ0) is 11.3. The maximum Gasteiger partial charge on any atom is 0.0677 e. The van der Waals surface area contributed by atoms with Crippen LogP contribution in [0.1, 0.15) is 36.8 Å². The van der Waals surface area contributed by atoms with Crippen molar-refractivity contribution >= 4 is 0 Å². The molecule has 1 rings (SSSR count). The van der Waals surface area contributed by atoms with Gasteiger partial charge in [0.25, 0.3) is 0 Å². The van der Waals surface area contributed by atoms with Gasteiger partial charge in [-0.15, -0.1) is 0 Å². The van der Waals surface area contributed by atoms with Gasteiger partial charge in [-0.1, -0.05) is 6.92 Å². The maximum absolute atomic E-state index is 6.03. The first kappa shape index (κ1) is 12.1. The third-order valence-corrected chi connectivity index (χ3v) is 2.26. The molecular weight excluding hydrogens is 190 g/mol. The quantitative estimate of drug-likeness (QED) is 0.796. The molecule has 0 aromatic carbocycles. The van der Waals surface area contributed by atoms with Crippen molar-refractivity contribution in [2.75, 3.05) is 13.2 Å². The first-order chi connectivity index (χ1) is 7.19. The molecule has 1 atom stereocenters. The van der Waals surface area contributed by atoms with Crippen molar-refractivity contribution in [2.45, 2.75) is 33.2 Å². The average Bonchev–Trinajstić information content (AvgIpc) is 2.25. The van der Waals surface area contributed by atoms with Gasteiger partial charge in [-0.3, -0.25) is 0 Å². The van der Waals surface area contributed by atoms with Crippen molar-refractivity contribution in [1.29, 1.82) is 0 Å². The molecule has 0 saturated heterocycles. The van der Waals surface area contributed by atoms with Gasteiger partial charge in [0.1, 0.15) is 0 Å². The lowest BCUT2D eigenvalue weighted by molar-refractivity contribution is 0.133. The van der Waals surface area contributed by atoms with Crippen LogP contribution in [0.5, 0.6) is 0 Å². The van der Waals surface area contributed by atoms with E-state index in [0.717, 1.165) is 23.4 Å². The predicted molar refractivity (Wildman–Crippen MR) is 59.6 cm³/mol. The molecule has 15 heavy (non-hydrogen) atoms. The molecule has 1 heterocycles. The Hall–Kier alpha value is -1.00. The number of aryl methyl sites for hydroxylation is 2. The van der Waals surface area contributed by atoms with Gasteiger partial charge < -0.3 is 10.5 Å². The van der Waals surface area contributed by atoms with Gasteiger partial charge in [0.05, 0.1) is 24.0 Å².